The molecule has 20 heavy (non-hydrogen) atoms. The Morgan fingerprint density at radius 3 is 3.15 bits per heavy atom. The molecule has 0 saturated carbocycles. The zero-order valence-electron chi connectivity index (χ0n) is 11.4. The molecule has 1 amide bonds. The van der Waals surface area contributed by atoms with Crippen molar-refractivity contribution in [2.45, 2.75) is 39.0 Å². The number of imidazole rings is 1. The van der Waals surface area contributed by atoms with E-state index in [1.165, 1.54) is 0 Å². The lowest BCUT2D eigenvalue weighted by atomic mass is 9.99. The molecular weight excluding hydrogens is 258 g/mol. The van der Waals surface area contributed by atoms with Crippen LogP contribution in [0.2, 0.25) is 0 Å². The molecule has 3 rings (SSSR count). The molecule has 0 aliphatic carbocycles. The van der Waals surface area contributed by atoms with E-state index in [4.69, 9.17) is 4.74 Å². The highest BCUT2D eigenvalue weighted by molar-refractivity contribution is 5.94. The van der Waals surface area contributed by atoms with Crippen molar-refractivity contribution in [3.05, 3.63) is 35.2 Å². The minimum atomic E-state index is -0.194. The summed E-state index contributed by atoms with van der Waals surface area (Å²) in [6.45, 7) is 4.31. The number of carbonyl (C=O) groups excluding carboxylic acids is 1. The highest BCUT2D eigenvalue weighted by Gasteiger charge is 2.29. The van der Waals surface area contributed by atoms with Gasteiger partial charge in [-0.3, -0.25) is 9.89 Å². The third-order valence-corrected chi connectivity index (χ3v) is 3.42. The van der Waals surface area contributed by atoms with E-state index in [2.05, 4.69) is 25.5 Å². The summed E-state index contributed by atoms with van der Waals surface area (Å²) < 4.78 is 5.71. The Balaban J connectivity index is 1.75. The van der Waals surface area contributed by atoms with Crippen LogP contribution in [0.1, 0.15) is 47.5 Å². The van der Waals surface area contributed by atoms with E-state index < -0.39 is 0 Å². The van der Waals surface area contributed by atoms with E-state index >= 15 is 0 Å². The van der Waals surface area contributed by atoms with Crippen molar-refractivity contribution in [3.8, 4) is 0 Å². The van der Waals surface area contributed by atoms with Crippen molar-refractivity contribution in [2.75, 3.05) is 0 Å². The van der Waals surface area contributed by atoms with Gasteiger partial charge in [0.15, 0.2) is 5.69 Å². The van der Waals surface area contributed by atoms with Gasteiger partial charge in [-0.15, -0.1) is 0 Å². The van der Waals surface area contributed by atoms with Gasteiger partial charge in [-0.2, -0.15) is 5.10 Å². The maximum absolute atomic E-state index is 12.2. The molecule has 7 heteroatoms. The Kier molecular flexibility index (Phi) is 3.27. The fraction of sp³-hybridized carbons (Fsp3) is 0.462. The van der Waals surface area contributed by atoms with Crippen LogP contribution in [-0.4, -0.2) is 32.2 Å². The van der Waals surface area contributed by atoms with E-state index in [-0.39, 0.29) is 18.1 Å². The normalized spacial score (nSPS) is 21.5. The van der Waals surface area contributed by atoms with Gasteiger partial charge in [0.25, 0.3) is 5.91 Å². The number of amides is 1. The van der Waals surface area contributed by atoms with Gasteiger partial charge in [0.2, 0.25) is 0 Å². The number of ether oxygens (including phenoxy) is 1. The van der Waals surface area contributed by atoms with Gasteiger partial charge in [-0.1, -0.05) is 0 Å². The number of aromatic nitrogens is 4. The van der Waals surface area contributed by atoms with Crippen molar-refractivity contribution >= 4 is 5.91 Å². The summed E-state index contributed by atoms with van der Waals surface area (Å²) in [4.78, 5) is 19.2. The molecule has 2 atom stereocenters. The lowest BCUT2D eigenvalue weighted by Crippen LogP contribution is -2.27. The second kappa shape index (κ2) is 5.09. The van der Waals surface area contributed by atoms with Crippen molar-refractivity contribution in [1.82, 2.24) is 25.5 Å². The number of nitrogens with one attached hydrogen (secondary N) is 3. The molecule has 2 aromatic heterocycles. The first-order valence-electron chi connectivity index (χ1n) is 6.64. The van der Waals surface area contributed by atoms with E-state index in [1.807, 2.05) is 13.8 Å². The van der Waals surface area contributed by atoms with Crippen LogP contribution < -0.4 is 5.32 Å². The second-order valence-electron chi connectivity index (χ2n) is 4.98. The zero-order valence-corrected chi connectivity index (χ0v) is 11.4. The predicted molar refractivity (Wildman–Crippen MR) is 71.0 cm³/mol. The molecule has 0 bridgehead atoms. The summed E-state index contributed by atoms with van der Waals surface area (Å²) in [6.07, 6.45) is 4.09. The minimum Gasteiger partial charge on any atom is -0.369 e. The zero-order chi connectivity index (χ0) is 14.1. The number of hydrogen-bond donors (Lipinski definition) is 3. The van der Waals surface area contributed by atoms with Gasteiger partial charge in [0.1, 0.15) is 5.82 Å². The van der Waals surface area contributed by atoms with Gasteiger partial charge >= 0.3 is 0 Å². The fourth-order valence-corrected chi connectivity index (χ4v) is 2.50. The van der Waals surface area contributed by atoms with E-state index in [0.717, 1.165) is 11.3 Å². The van der Waals surface area contributed by atoms with Crippen LogP contribution in [0.25, 0.3) is 0 Å². The third kappa shape index (κ3) is 2.32. The van der Waals surface area contributed by atoms with Gasteiger partial charge in [-0.05, 0) is 13.8 Å². The standard InChI is InChI=1S/C13H17N5O2/c1-7-5-9-11(8(2)20-7)17-18-12(9)13(19)16-6-10-14-3-4-15-10/h3-4,7-8H,5-6H2,1-2H3,(H,14,15)(H,16,19)(H,17,18)/t7-,8+/m1/s1. The first kappa shape index (κ1) is 12.9. The maximum atomic E-state index is 12.2. The summed E-state index contributed by atoms with van der Waals surface area (Å²) in [5, 5.41) is 9.86. The third-order valence-electron chi connectivity index (χ3n) is 3.42. The monoisotopic (exact) mass is 275 g/mol. The van der Waals surface area contributed by atoms with Gasteiger partial charge < -0.3 is 15.0 Å². The fourth-order valence-electron chi connectivity index (χ4n) is 2.50. The van der Waals surface area contributed by atoms with Crippen LogP contribution in [-0.2, 0) is 17.7 Å². The highest BCUT2D eigenvalue weighted by atomic mass is 16.5. The Bertz CT molecular complexity index is 604. The Morgan fingerprint density at radius 1 is 1.55 bits per heavy atom. The topological polar surface area (TPSA) is 95.7 Å². The largest absolute Gasteiger partial charge is 0.369 e. The average molecular weight is 275 g/mol. The SMILES string of the molecule is C[C@@H]1Cc2c(C(=O)NCc3ncc[nH]3)n[nH]c2[C@H](C)O1. The van der Waals surface area contributed by atoms with Crippen molar-refractivity contribution in [1.29, 1.82) is 0 Å². The Hall–Kier alpha value is -2.15. The van der Waals surface area contributed by atoms with E-state index in [0.29, 0.717) is 24.5 Å². The number of H-pyrrole nitrogens is 2. The Labute approximate surface area is 116 Å². The van der Waals surface area contributed by atoms with Crippen LogP contribution >= 0.6 is 0 Å². The molecular formula is C13H17N5O2. The second-order valence-corrected chi connectivity index (χ2v) is 4.98. The average Bonchev–Trinajstić information content (AvgIpc) is 3.04. The molecule has 3 N–H and O–H groups in total. The van der Waals surface area contributed by atoms with Crippen molar-refractivity contribution in [2.24, 2.45) is 0 Å². The van der Waals surface area contributed by atoms with Crippen LogP contribution in [0, 0.1) is 0 Å². The number of hydrogen-bond acceptors (Lipinski definition) is 4. The molecule has 0 spiro atoms. The minimum absolute atomic E-state index is 0.0622. The molecule has 106 valence electrons. The molecule has 3 heterocycles. The van der Waals surface area contributed by atoms with Crippen LogP contribution in [0.3, 0.4) is 0 Å². The number of rotatable bonds is 3. The van der Waals surface area contributed by atoms with Crippen LogP contribution in [0.5, 0.6) is 0 Å². The number of fused-ring (bicyclic) bond motifs is 1. The van der Waals surface area contributed by atoms with Gasteiger partial charge in [-0.25, -0.2) is 4.98 Å². The smallest absolute Gasteiger partial charge is 0.272 e. The first-order valence-corrected chi connectivity index (χ1v) is 6.64. The van der Waals surface area contributed by atoms with Crippen LogP contribution in [0.4, 0.5) is 0 Å². The van der Waals surface area contributed by atoms with Crippen LogP contribution in [0.15, 0.2) is 12.4 Å². The molecule has 0 saturated heterocycles. The summed E-state index contributed by atoms with van der Waals surface area (Å²) in [7, 11) is 0. The summed E-state index contributed by atoms with van der Waals surface area (Å²) in [5.41, 5.74) is 2.30. The quantitative estimate of drug-likeness (QED) is 0.781. The molecule has 0 unspecified atom stereocenters. The molecule has 0 radical (unpaired) electrons. The Morgan fingerprint density at radius 2 is 2.40 bits per heavy atom. The van der Waals surface area contributed by atoms with Gasteiger partial charge in [0, 0.05) is 24.4 Å². The summed E-state index contributed by atoms with van der Waals surface area (Å²) >= 11 is 0. The number of aromatic amines is 2. The number of nitrogens with zero attached hydrogens (tertiary/aromatic N) is 2. The highest BCUT2D eigenvalue weighted by Crippen LogP contribution is 2.29. The maximum Gasteiger partial charge on any atom is 0.272 e. The molecule has 7 nitrogen and oxygen atoms in total. The lowest BCUT2D eigenvalue weighted by molar-refractivity contribution is -0.00697. The first-order chi connectivity index (χ1) is 9.65. The van der Waals surface area contributed by atoms with Crippen molar-refractivity contribution < 1.29 is 9.53 Å². The molecule has 0 fully saturated rings. The molecule has 1 aliphatic heterocycles. The lowest BCUT2D eigenvalue weighted by Gasteiger charge is -2.25. The van der Waals surface area contributed by atoms with E-state index in [1.54, 1.807) is 12.4 Å². The predicted octanol–water partition coefficient (Wildman–Crippen LogP) is 1.08. The van der Waals surface area contributed by atoms with Gasteiger partial charge in [0.05, 0.1) is 24.4 Å². The number of carbonyl (C=O) groups is 1. The molecule has 2 aromatic rings. The molecule has 1 aliphatic rings. The molecule has 0 aromatic carbocycles. The summed E-state index contributed by atoms with van der Waals surface area (Å²) in [5.74, 6) is 0.521. The van der Waals surface area contributed by atoms with E-state index in [9.17, 15) is 4.79 Å². The van der Waals surface area contributed by atoms with Crippen molar-refractivity contribution in [3.63, 3.8) is 0 Å². The summed E-state index contributed by atoms with van der Waals surface area (Å²) in [6, 6.07) is 0.